The van der Waals surface area contributed by atoms with Crippen LogP contribution in [0.4, 0.5) is 0 Å². The van der Waals surface area contributed by atoms with Gasteiger partial charge in [-0.2, -0.15) is 0 Å². The molecule has 0 aromatic rings. The SMILES string of the molecule is CCCNC(=O)CCN1CCC(CCCC2CCN(CCC(=O)NCCC)CC2)CC1. The third-order valence-electron chi connectivity index (χ3n) is 7.09. The van der Waals surface area contributed by atoms with Crippen LogP contribution in [0.25, 0.3) is 0 Å². The van der Waals surface area contributed by atoms with Gasteiger partial charge in [0.05, 0.1) is 0 Å². The fourth-order valence-corrected chi connectivity index (χ4v) is 4.92. The molecule has 0 unspecified atom stereocenters. The van der Waals surface area contributed by atoms with Crippen molar-refractivity contribution in [3.05, 3.63) is 0 Å². The zero-order valence-electron chi connectivity index (χ0n) is 20.3. The number of nitrogens with one attached hydrogen (secondary N) is 2. The third-order valence-corrected chi connectivity index (χ3v) is 7.09. The first-order valence-electron chi connectivity index (χ1n) is 13.1. The maximum Gasteiger partial charge on any atom is 0.221 e. The first-order valence-corrected chi connectivity index (χ1v) is 13.1. The predicted molar refractivity (Wildman–Crippen MR) is 128 cm³/mol. The molecule has 2 N–H and O–H groups in total. The molecule has 0 bridgehead atoms. The minimum atomic E-state index is 0.204. The molecule has 0 aromatic carbocycles. The largest absolute Gasteiger partial charge is 0.356 e. The van der Waals surface area contributed by atoms with Gasteiger partial charge in [0, 0.05) is 39.0 Å². The summed E-state index contributed by atoms with van der Waals surface area (Å²) < 4.78 is 0. The molecule has 0 aliphatic carbocycles. The van der Waals surface area contributed by atoms with E-state index < -0.39 is 0 Å². The molecule has 2 aliphatic rings. The Kier molecular flexibility index (Phi) is 13.2. The Balaban J connectivity index is 1.47. The van der Waals surface area contributed by atoms with Crippen molar-refractivity contribution in [2.24, 2.45) is 11.8 Å². The summed E-state index contributed by atoms with van der Waals surface area (Å²) in [6.45, 7) is 12.3. The standard InChI is InChI=1S/C25H48N4O2/c1-3-14-26-24(30)12-20-28-16-8-22(9-17-28)6-5-7-23-10-18-29(19-11-23)21-13-25(31)27-15-4-2/h22-23H,3-21H2,1-2H3,(H,26,30)(H,27,31). The van der Waals surface area contributed by atoms with Crippen LogP contribution >= 0.6 is 0 Å². The molecule has 0 radical (unpaired) electrons. The van der Waals surface area contributed by atoms with Crippen molar-refractivity contribution in [3.8, 4) is 0 Å². The number of carbonyl (C=O) groups excluding carboxylic acids is 2. The van der Waals surface area contributed by atoms with Gasteiger partial charge in [0.2, 0.25) is 11.8 Å². The van der Waals surface area contributed by atoms with Crippen LogP contribution in [-0.4, -0.2) is 74.0 Å². The summed E-state index contributed by atoms with van der Waals surface area (Å²) in [5.74, 6) is 2.17. The van der Waals surface area contributed by atoms with Gasteiger partial charge in [0.25, 0.3) is 0 Å². The molecule has 2 amide bonds. The average Bonchev–Trinajstić information content (AvgIpc) is 2.80. The maximum atomic E-state index is 11.8. The van der Waals surface area contributed by atoms with E-state index >= 15 is 0 Å². The summed E-state index contributed by atoms with van der Waals surface area (Å²) in [5, 5.41) is 5.95. The molecule has 2 rings (SSSR count). The molecule has 180 valence electrons. The second-order valence-corrected chi connectivity index (χ2v) is 9.70. The number of hydrogen-bond donors (Lipinski definition) is 2. The Labute approximate surface area is 190 Å². The number of hydrogen-bond acceptors (Lipinski definition) is 4. The van der Waals surface area contributed by atoms with E-state index in [-0.39, 0.29) is 11.8 Å². The van der Waals surface area contributed by atoms with E-state index in [0.717, 1.165) is 77.0 Å². The van der Waals surface area contributed by atoms with Gasteiger partial charge in [-0.05, 0) is 76.5 Å². The molecule has 31 heavy (non-hydrogen) atoms. The quantitative estimate of drug-likeness (QED) is 0.438. The Bertz CT molecular complexity index is 454. The van der Waals surface area contributed by atoms with E-state index in [2.05, 4.69) is 34.3 Å². The van der Waals surface area contributed by atoms with Crippen LogP contribution in [0.3, 0.4) is 0 Å². The van der Waals surface area contributed by atoms with Crippen molar-refractivity contribution in [1.29, 1.82) is 0 Å². The van der Waals surface area contributed by atoms with Gasteiger partial charge in [-0.1, -0.05) is 33.1 Å². The highest BCUT2D eigenvalue weighted by Crippen LogP contribution is 2.27. The number of piperidine rings is 2. The number of carbonyl (C=O) groups is 2. The molecule has 2 fully saturated rings. The van der Waals surface area contributed by atoms with Gasteiger partial charge in [0.15, 0.2) is 0 Å². The van der Waals surface area contributed by atoms with Crippen molar-refractivity contribution < 1.29 is 9.59 Å². The van der Waals surface area contributed by atoms with Crippen molar-refractivity contribution >= 4 is 11.8 Å². The highest BCUT2D eigenvalue weighted by molar-refractivity contribution is 5.76. The minimum absolute atomic E-state index is 0.204. The second kappa shape index (κ2) is 15.6. The minimum Gasteiger partial charge on any atom is -0.356 e. The van der Waals surface area contributed by atoms with E-state index in [1.807, 2.05) is 0 Å². The zero-order valence-corrected chi connectivity index (χ0v) is 20.3. The van der Waals surface area contributed by atoms with Crippen molar-refractivity contribution in [2.45, 2.75) is 84.5 Å². The third kappa shape index (κ3) is 11.3. The van der Waals surface area contributed by atoms with E-state index in [1.165, 1.54) is 44.9 Å². The van der Waals surface area contributed by atoms with E-state index in [9.17, 15) is 9.59 Å². The monoisotopic (exact) mass is 436 g/mol. The van der Waals surface area contributed by atoms with Gasteiger partial charge in [0.1, 0.15) is 0 Å². The Morgan fingerprint density at radius 1 is 0.710 bits per heavy atom. The fraction of sp³-hybridized carbons (Fsp3) is 0.920. The molecule has 0 aromatic heterocycles. The summed E-state index contributed by atoms with van der Waals surface area (Å²) in [6, 6.07) is 0. The molecule has 0 atom stereocenters. The molecule has 0 spiro atoms. The molecule has 6 nitrogen and oxygen atoms in total. The number of nitrogens with zero attached hydrogens (tertiary/aromatic N) is 2. The van der Waals surface area contributed by atoms with Crippen LogP contribution in [0.5, 0.6) is 0 Å². The molecular formula is C25H48N4O2. The Morgan fingerprint density at radius 3 is 1.45 bits per heavy atom. The smallest absolute Gasteiger partial charge is 0.221 e. The van der Waals surface area contributed by atoms with Crippen LogP contribution in [0.2, 0.25) is 0 Å². The molecule has 2 saturated heterocycles. The summed E-state index contributed by atoms with van der Waals surface area (Å²) in [4.78, 5) is 28.5. The Morgan fingerprint density at radius 2 is 1.10 bits per heavy atom. The van der Waals surface area contributed by atoms with E-state index in [1.54, 1.807) is 0 Å². The van der Waals surface area contributed by atoms with Gasteiger partial charge < -0.3 is 20.4 Å². The molecule has 2 aliphatic heterocycles. The summed E-state index contributed by atoms with van der Waals surface area (Å²) in [5.41, 5.74) is 0. The lowest BCUT2D eigenvalue weighted by Crippen LogP contribution is -2.37. The summed E-state index contributed by atoms with van der Waals surface area (Å²) in [7, 11) is 0. The molecular weight excluding hydrogens is 388 g/mol. The second-order valence-electron chi connectivity index (χ2n) is 9.70. The fourth-order valence-electron chi connectivity index (χ4n) is 4.92. The maximum absolute atomic E-state index is 11.8. The molecule has 6 heteroatoms. The topological polar surface area (TPSA) is 64.7 Å². The Hall–Kier alpha value is -1.14. The number of likely N-dealkylation sites (tertiary alicyclic amines) is 2. The van der Waals surface area contributed by atoms with Gasteiger partial charge >= 0.3 is 0 Å². The number of rotatable bonds is 14. The van der Waals surface area contributed by atoms with Gasteiger partial charge in [-0.25, -0.2) is 0 Å². The predicted octanol–water partition coefficient (Wildman–Crippen LogP) is 3.41. The highest BCUT2D eigenvalue weighted by atomic mass is 16.2. The normalized spacial score (nSPS) is 19.4. The lowest BCUT2D eigenvalue weighted by Gasteiger charge is -2.33. The lowest BCUT2D eigenvalue weighted by atomic mass is 9.87. The molecule has 2 heterocycles. The van der Waals surface area contributed by atoms with Gasteiger partial charge in [-0.3, -0.25) is 9.59 Å². The first-order chi connectivity index (χ1) is 15.1. The van der Waals surface area contributed by atoms with Crippen molar-refractivity contribution in [2.75, 3.05) is 52.4 Å². The number of amides is 2. The van der Waals surface area contributed by atoms with Crippen LogP contribution in [0.15, 0.2) is 0 Å². The summed E-state index contributed by atoms with van der Waals surface area (Å²) in [6.07, 6.45) is 12.6. The van der Waals surface area contributed by atoms with Crippen molar-refractivity contribution in [3.63, 3.8) is 0 Å². The van der Waals surface area contributed by atoms with Crippen LogP contribution in [-0.2, 0) is 9.59 Å². The van der Waals surface area contributed by atoms with Crippen LogP contribution in [0, 0.1) is 11.8 Å². The van der Waals surface area contributed by atoms with E-state index in [4.69, 9.17) is 0 Å². The van der Waals surface area contributed by atoms with Crippen molar-refractivity contribution in [1.82, 2.24) is 20.4 Å². The van der Waals surface area contributed by atoms with Crippen LogP contribution < -0.4 is 10.6 Å². The van der Waals surface area contributed by atoms with E-state index in [0.29, 0.717) is 12.8 Å². The first kappa shape index (κ1) is 26.1. The summed E-state index contributed by atoms with van der Waals surface area (Å²) >= 11 is 0. The molecule has 0 saturated carbocycles. The lowest BCUT2D eigenvalue weighted by molar-refractivity contribution is -0.122. The van der Waals surface area contributed by atoms with Gasteiger partial charge in [-0.15, -0.1) is 0 Å². The zero-order chi connectivity index (χ0) is 22.3. The average molecular weight is 437 g/mol. The van der Waals surface area contributed by atoms with Crippen LogP contribution in [0.1, 0.15) is 84.5 Å². The highest BCUT2D eigenvalue weighted by Gasteiger charge is 2.22.